The Bertz CT molecular complexity index is 325. The summed E-state index contributed by atoms with van der Waals surface area (Å²) < 4.78 is 0. The highest BCUT2D eigenvalue weighted by Crippen LogP contribution is 2.32. The van der Waals surface area contributed by atoms with E-state index in [1.807, 2.05) is 0 Å². The Kier molecular flexibility index (Phi) is 4.61. The number of carbonyl (C=O) groups excluding carboxylic acids is 1. The van der Waals surface area contributed by atoms with E-state index in [0.717, 1.165) is 25.8 Å². The fourth-order valence-corrected chi connectivity index (χ4v) is 4.29. The first-order valence-electron chi connectivity index (χ1n) is 8.50. The molecule has 0 aromatic carbocycles. The molecule has 3 saturated heterocycles. The molecule has 4 nitrogen and oxygen atoms in total. The molecule has 2 bridgehead atoms. The molecule has 3 aliphatic rings. The van der Waals surface area contributed by atoms with E-state index in [1.165, 1.54) is 38.5 Å². The molecular weight excluding hydrogens is 250 g/mol. The summed E-state index contributed by atoms with van der Waals surface area (Å²) >= 11 is 0. The maximum absolute atomic E-state index is 12.4. The van der Waals surface area contributed by atoms with Crippen LogP contribution in [0.4, 0.5) is 0 Å². The number of hydrogen-bond acceptors (Lipinski definition) is 3. The van der Waals surface area contributed by atoms with Gasteiger partial charge in [0.15, 0.2) is 0 Å². The van der Waals surface area contributed by atoms with E-state index in [2.05, 4.69) is 22.6 Å². The fraction of sp³-hybridized carbons (Fsp3) is 0.938. The second-order valence-corrected chi connectivity index (χ2v) is 6.94. The molecule has 20 heavy (non-hydrogen) atoms. The maximum Gasteiger partial charge on any atom is 0.237 e. The molecule has 3 aliphatic heterocycles. The Balaban J connectivity index is 1.53. The zero-order valence-corrected chi connectivity index (χ0v) is 12.7. The lowest BCUT2D eigenvalue weighted by Crippen LogP contribution is -2.57. The Hall–Kier alpha value is -0.610. The van der Waals surface area contributed by atoms with Gasteiger partial charge in [0.2, 0.25) is 5.91 Å². The average molecular weight is 279 g/mol. The van der Waals surface area contributed by atoms with Crippen LogP contribution in [0.2, 0.25) is 0 Å². The Morgan fingerprint density at radius 1 is 1.05 bits per heavy atom. The summed E-state index contributed by atoms with van der Waals surface area (Å²) in [5, 5.41) is 6.75. The molecule has 3 heterocycles. The van der Waals surface area contributed by atoms with E-state index in [9.17, 15) is 4.79 Å². The van der Waals surface area contributed by atoms with Crippen molar-refractivity contribution in [1.82, 2.24) is 15.5 Å². The summed E-state index contributed by atoms with van der Waals surface area (Å²) in [7, 11) is 2.26. The summed E-state index contributed by atoms with van der Waals surface area (Å²) in [6.45, 7) is 0.997. The molecule has 0 aromatic rings. The number of nitrogens with zero attached hydrogens (tertiary/aromatic N) is 1. The number of nitrogens with one attached hydrogen (secondary N) is 2. The highest BCUT2D eigenvalue weighted by atomic mass is 16.2. The SMILES string of the molecule is CN1C2CCCC1CC(NC(=O)C1CCCCCN1)C2. The summed E-state index contributed by atoms with van der Waals surface area (Å²) in [6.07, 6.45) is 10.9. The quantitative estimate of drug-likeness (QED) is 0.808. The second-order valence-electron chi connectivity index (χ2n) is 6.94. The Morgan fingerprint density at radius 3 is 2.55 bits per heavy atom. The van der Waals surface area contributed by atoms with Crippen molar-refractivity contribution in [2.75, 3.05) is 13.6 Å². The van der Waals surface area contributed by atoms with E-state index >= 15 is 0 Å². The third kappa shape index (κ3) is 3.17. The topological polar surface area (TPSA) is 44.4 Å². The van der Waals surface area contributed by atoms with Crippen LogP contribution in [0.5, 0.6) is 0 Å². The van der Waals surface area contributed by atoms with Crippen LogP contribution in [0.15, 0.2) is 0 Å². The van der Waals surface area contributed by atoms with Gasteiger partial charge in [-0.1, -0.05) is 19.3 Å². The molecule has 3 rings (SSSR count). The van der Waals surface area contributed by atoms with Crippen molar-refractivity contribution < 1.29 is 4.79 Å². The zero-order valence-electron chi connectivity index (χ0n) is 12.7. The predicted molar refractivity (Wildman–Crippen MR) is 80.6 cm³/mol. The van der Waals surface area contributed by atoms with Crippen LogP contribution in [0.1, 0.15) is 57.8 Å². The van der Waals surface area contributed by atoms with E-state index < -0.39 is 0 Å². The van der Waals surface area contributed by atoms with Crippen LogP contribution < -0.4 is 10.6 Å². The predicted octanol–water partition coefficient (Wildman–Crippen LogP) is 1.65. The number of piperidine rings is 2. The average Bonchev–Trinajstić information content (AvgIpc) is 2.69. The maximum atomic E-state index is 12.4. The monoisotopic (exact) mass is 279 g/mol. The van der Waals surface area contributed by atoms with Crippen LogP contribution >= 0.6 is 0 Å². The molecule has 0 aromatic heterocycles. The molecule has 0 radical (unpaired) electrons. The van der Waals surface area contributed by atoms with Gasteiger partial charge in [0.25, 0.3) is 0 Å². The molecule has 3 atom stereocenters. The molecule has 2 N–H and O–H groups in total. The number of hydrogen-bond donors (Lipinski definition) is 2. The zero-order chi connectivity index (χ0) is 13.9. The third-order valence-electron chi connectivity index (χ3n) is 5.56. The van der Waals surface area contributed by atoms with Gasteiger partial charge < -0.3 is 15.5 Å². The Morgan fingerprint density at radius 2 is 1.80 bits per heavy atom. The molecule has 1 amide bonds. The minimum absolute atomic E-state index is 0.0528. The molecule has 3 unspecified atom stereocenters. The van der Waals surface area contributed by atoms with Gasteiger partial charge >= 0.3 is 0 Å². The summed E-state index contributed by atoms with van der Waals surface area (Å²) in [4.78, 5) is 15.0. The summed E-state index contributed by atoms with van der Waals surface area (Å²) in [6, 6.07) is 1.83. The number of rotatable bonds is 2. The molecule has 4 heteroatoms. The third-order valence-corrected chi connectivity index (χ3v) is 5.56. The number of fused-ring (bicyclic) bond motifs is 2. The highest BCUT2D eigenvalue weighted by Gasteiger charge is 2.37. The smallest absolute Gasteiger partial charge is 0.237 e. The van der Waals surface area contributed by atoms with Gasteiger partial charge in [-0.2, -0.15) is 0 Å². The lowest BCUT2D eigenvalue weighted by atomic mass is 9.82. The normalized spacial score (nSPS) is 39.0. The Labute approximate surface area is 122 Å². The van der Waals surface area contributed by atoms with Crippen molar-refractivity contribution in [1.29, 1.82) is 0 Å². The highest BCUT2D eigenvalue weighted by molar-refractivity contribution is 5.82. The fourth-order valence-electron chi connectivity index (χ4n) is 4.29. The lowest BCUT2D eigenvalue weighted by molar-refractivity contribution is -0.124. The van der Waals surface area contributed by atoms with Crippen LogP contribution in [-0.4, -0.2) is 48.6 Å². The minimum atomic E-state index is 0.0528. The standard InChI is InChI=1S/C16H29N3O/c1-19-13-6-5-7-14(19)11-12(10-13)18-16(20)15-8-3-2-4-9-17-15/h12-15,17H,2-11H2,1H3,(H,18,20). The van der Waals surface area contributed by atoms with Crippen molar-refractivity contribution in [3.8, 4) is 0 Å². The largest absolute Gasteiger partial charge is 0.352 e. The molecule has 114 valence electrons. The van der Waals surface area contributed by atoms with Gasteiger partial charge in [-0.05, 0) is 52.1 Å². The van der Waals surface area contributed by atoms with Gasteiger partial charge in [0.1, 0.15) is 0 Å². The number of amides is 1. The molecule has 0 saturated carbocycles. The van der Waals surface area contributed by atoms with Gasteiger partial charge in [0, 0.05) is 18.1 Å². The van der Waals surface area contributed by atoms with E-state index in [4.69, 9.17) is 0 Å². The minimum Gasteiger partial charge on any atom is -0.352 e. The van der Waals surface area contributed by atoms with Gasteiger partial charge in [-0.3, -0.25) is 4.79 Å². The second kappa shape index (κ2) is 6.44. The first-order chi connectivity index (χ1) is 9.74. The summed E-state index contributed by atoms with van der Waals surface area (Å²) in [5.41, 5.74) is 0. The summed E-state index contributed by atoms with van der Waals surface area (Å²) in [5.74, 6) is 0.250. The van der Waals surface area contributed by atoms with Crippen LogP contribution in [0.25, 0.3) is 0 Å². The van der Waals surface area contributed by atoms with Crippen LogP contribution in [-0.2, 0) is 4.79 Å². The van der Waals surface area contributed by atoms with Gasteiger partial charge in [0.05, 0.1) is 6.04 Å². The van der Waals surface area contributed by atoms with Crippen molar-refractivity contribution >= 4 is 5.91 Å². The van der Waals surface area contributed by atoms with Gasteiger partial charge in [-0.15, -0.1) is 0 Å². The first kappa shape index (κ1) is 14.3. The molecular formula is C16H29N3O. The molecule has 0 spiro atoms. The van der Waals surface area contributed by atoms with Crippen LogP contribution in [0.3, 0.4) is 0 Å². The first-order valence-corrected chi connectivity index (χ1v) is 8.50. The van der Waals surface area contributed by atoms with Crippen molar-refractivity contribution in [2.24, 2.45) is 0 Å². The lowest BCUT2D eigenvalue weighted by Gasteiger charge is -2.47. The van der Waals surface area contributed by atoms with Gasteiger partial charge in [-0.25, -0.2) is 0 Å². The van der Waals surface area contributed by atoms with Crippen molar-refractivity contribution in [2.45, 2.75) is 82.0 Å². The van der Waals surface area contributed by atoms with E-state index in [-0.39, 0.29) is 11.9 Å². The van der Waals surface area contributed by atoms with Crippen molar-refractivity contribution in [3.63, 3.8) is 0 Å². The van der Waals surface area contributed by atoms with E-state index in [0.29, 0.717) is 18.1 Å². The number of carbonyl (C=O) groups is 1. The molecule has 0 aliphatic carbocycles. The van der Waals surface area contributed by atoms with Crippen LogP contribution in [0, 0.1) is 0 Å². The molecule has 3 fully saturated rings. The van der Waals surface area contributed by atoms with E-state index in [1.54, 1.807) is 0 Å². The van der Waals surface area contributed by atoms with Crippen molar-refractivity contribution in [3.05, 3.63) is 0 Å².